The van der Waals surface area contributed by atoms with Gasteiger partial charge in [-0.25, -0.2) is 4.39 Å². The lowest BCUT2D eigenvalue weighted by Gasteiger charge is -2.32. The smallest absolute Gasteiger partial charge is 0.243 e. The van der Waals surface area contributed by atoms with Crippen molar-refractivity contribution in [2.24, 2.45) is 5.92 Å². The SMILES string of the molecule is Cc1ccc(SCCC(=O)N(Cc2ccc(F)cc2)C(Cc2ccccc2)C(=O)NCC(C)C)cc1. The van der Waals surface area contributed by atoms with Crippen molar-refractivity contribution in [1.29, 1.82) is 0 Å². The quantitative estimate of drug-likeness (QED) is 0.305. The molecule has 190 valence electrons. The van der Waals surface area contributed by atoms with Crippen molar-refractivity contribution in [1.82, 2.24) is 10.2 Å². The molecule has 0 aliphatic heterocycles. The second kappa shape index (κ2) is 13.8. The van der Waals surface area contributed by atoms with E-state index >= 15 is 0 Å². The Labute approximate surface area is 218 Å². The summed E-state index contributed by atoms with van der Waals surface area (Å²) in [6, 6.07) is 23.4. The normalized spacial score (nSPS) is 11.8. The highest BCUT2D eigenvalue weighted by atomic mass is 32.2. The predicted octanol–water partition coefficient (Wildman–Crippen LogP) is 6.03. The van der Waals surface area contributed by atoms with Crippen molar-refractivity contribution in [3.8, 4) is 0 Å². The van der Waals surface area contributed by atoms with Crippen LogP contribution in [0.25, 0.3) is 0 Å². The molecule has 0 saturated heterocycles. The number of carbonyl (C=O) groups is 2. The van der Waals surface area contributed by atoms with E-state index in [9.17, 15) is 14.0 Å². The van der Waals surface area contributed by atoms with Gasteiger partial charge in [0.05, 0.1) is 0 Å². The van der Waals surface area contributed by atoms with E-state index in [0.29, 0.717) is 31.1 Å². The monoisotopic (exact) mass is 506 g/mol. The van der Waals surface area contributed by atoms with Gasteiger partial charge in [-0.05, 0) is 48.2 Å². The Hall–Kier alpha value is -3.12. The van der Waals surface area contributed by atoms with E-state index < -0.39 is 6.04 Å². The third-order valence-electron chi connectivity index (χ3n) is 5.83. The Balaban J connectivity index is 1.82. The fourth-order valence-corrected chi connectivity index (χ4v) is 4.64. The van der Waals surface area contributed by atoms with E-state index in [-0.39, 0.29) is 24.2 Å². The van der Waals surface area contributed by atoms with Crippen molar-refractivity contribution in [2.75, 3.05) is 12.3 Å². The highest BCUT2D eigenvalue weighted by Gasteiger charge is 2.30. The number of benzene rings is 3. The minimum atomic E-state index is -0.673. The molecule has 0 bridgehead atoms. The molecule has 3 aromatic rings. The van der Waals surface area contributed by atoms with Crippen LogP contribution in [0.4, 0.5) is 4.39 Å². The molecule has 3 rings (SSSR count). The molecule has 0 heterocycles. The molecule has 0 aromatic heterocycles. The maximum absolute atomic E-state index is 13.6. The number of nitrogens with zero attached hydrogens (tertiary/aromatic N) is 1. The minimum absolute atomic E-state index is 0.0976. The molecule has 4 nitrogen and oxygen atoms in total. The van der Waals surface area contributed by atoms with Gasteiger partial charge in [-0.3, -0.25) is 9.59 Å². The standard InChI is InChI=1S/C30H35FN2O2S/c1-22(2)20-32-30(35)28(19-24-7-5-4-6-8-24)33(21-25-11-13-26(31)14-12-25)29(34)17-18-36-27-15-9-23(3)10-16-27/h4-16,22,28H,17-21H2,1-3H3,(H,32,35). The fraction of sp³-hybridized carbons (Fsp3) is 0.333. The average Bonchev–Trinajstić information content (AvgIpc) is 2.87. The lowest BCUT2D eigenvalue weighted by atomic mass is 10.0. The van der Waals surface area contributed by atoms with Crippen molar-refractivity contribution in [2.45, 2.75) is 51.1 Å². The topological polar surface area (TPSA) is 49.4 Å². The molecule has 0 aliphatic carbocycles. The molecule has 0 radical (unpaired) electrons. The Morgan fingerprint density at radius 2 is 1.58 bits per heavy atom. The molecule has 0 spiro atoms. The summed E-state index contributed by atoms with van der Waals surface area (Å²) in [6.07, 6.45) is 0.700. The van der Waals surface area contributed by atoms with E-state index in [4.69, 9.17) is 0 Å². The van der Waals surface area contributed by atoms with Crippen LogP contribution in [-0.4, -0.2) is 35.1 Å². The van der Waals surface area contributed by atoms with Gasteiger partial charge >= 0.3 is 0 Å². The van der Waals surface area contributed by atoms with Crippen molar-refractivity contribution in [3.63, 3.8) is 0 Å². The highest BCUT2D eigenvalue weighted by molar-refractivity contribution is 7.99. The number of halogens is 1. The van der Waals surface area contributed by atoms with Crippen LogP contribution >= 0.6 is 11.8 Å². The van der Waals surface area contributed by atoms with Crippen molar-refractivity contribution >= 4 is 23.6 Å². The average molecular weight is 507 g/mol. The maximum atomic E-state index is 13.6. The molecule has 0 fully saturated rings. The number of carbonyl (C=O) groups excluding carboxylic acids is 2. The van der Waals surface area contributed by atoms with Gasteiger partial charge in [-0.2, -0.15) is 0 Å². The van der Waals surface area contributed by atoms with Gasteiger partial charge in [-0.15, -0.1) is 11.8 Å². The van der Waals surface area contributed by atoms with Crippen LogP contribution in [0, 0.1) is 18.7 Å². The van der Waals surface area contributed by atoms with Crippen LogP contribution < -0.4 is 5.32 Å². The molecular weight excluding hydrogens is 471 g/mol. The minimum Gasteiger partial charge on any atom is -0.354 e. The van der Waals surface area contributed by atoms with Crippen LogP contribution in [0.3, 0.4) is 0 Å². The molecule has 2 amide bonds. The summed E-state index contributed by atoms with van der Waals surface area (Å²) < 4.78 is 13.5. The van der Waals surface area contributed by atoms with Crippen LogP contribution in [0.5, 0.6) is 0 Å². The fourth-order valence-electron chi connectivity index (χ4n) is 3.80. The molecule has 3 aromatic carbocycles. The van der Waals surface area contributed by atoms with E-state index in [0.717, 1.165) is 16.0 Å². The second-order valence-electron chi connectivity index (χ2n) is 9.40. The summed E-state index contributed by atoms with van der Waals surface area (Å²) in [5, 5.41) is 3.02. The lowest BCUT2D eigenvalue weighted by molar-refractivity contribution is -0.141. The molecule has 1 N–H and O–H groups in total. The number of aryl methyl sites for hydroxylation is 1. The molecule has 1 atom stereocenters. The van der Waals surface area contributed by atoms with Gasteiger partial charge < -0.3 is 10.2 Å². The van der Waals surface area contributed by atoms with Gasteiger partial charge in [0.15, 0.2) is 0 Å². The van der Waals surface area contributed by atoms with Crippen molar-refractivity contribution < 1.29 is 14.0 Å². The summed E-state index contributed by atoms with van der Waals surface area (Å²) in [5.41, 5.74) is 2.95. The van der Waals surface area contributed by atoms with Crippen LogP contribution in [0.15, 0.2) is 83.8 Å². The number of hydrogen-bond donors (Lipinski definition) is 1. The Kier molecular flexibility index (Phi) is 10.6. The third-order valence-corrected chi connectivity index (χ3v) is 6.84. The first-order valence-electron chi connectivity index (χ1n) is 12.4. The zero-order valence-electron chi connectivity index (χ0n) is 21.2. The first-order chi connectivity index (χ1) is 17.3. The Morgan fingerprint density at radius 3 is 2.22 bits per heavy atom. The first kappa shape index (κ1) is 27.5. The van der Waals surface area contributed by atoms with Crippen LogP contribution in [-0.2, 0) is 22.6 Å². The largest absolute Gasteiger partial charge is 0.354 e. The summed E-state index contributed by atoms with van der Waals surface area (Å²) in [4.78, 5) is 29.8. The first-order valence-corrected chi connectivity index (χ1v) is 13.4. The third kappa shape index (κ3) is 8.83. The number of hydrogen-bond acceptors (Lipinski definition) is 3. The zero-order chi connectivity index (χ0) is 25.9. The Morgan fingerprint density at radius 1 is 0.917 bits per heavy atom. The maximum Gasteiger partial charge on any atom is 0.243 e. The van der Waals surface area contributed by atoms with E-state index in [1.807, 2.05) is 51.1 Å². The summed E-state index contributed by atoms with van der Waals surface area (Å²) >= 11 is 1.62. The number of nitrogens with one attached hydrogen (secondary N) is 1. The van der Waals surface area contributed by atoms with Crippen LogP contribution in [0.1, 0.15) is 37.0 Å². The van der Waals surface area contributed by atoms with Gasteiger partial charge in [0, 0.05) is 36.6 Å². The van der Waals surface area contributed by atoms with Gasteiger partial charge in [0.2, 0.25) is 11.8 Å². The second-order valence-corrected chi connectivity index (χ2v) is 10.6. The molecule has 0 saturated carbocycles. The molecule has 36 heavy (non-hydrogen) atoms. The summed E-state index contributed by atoms with van der Waals surface area (Å²) in [5.74, 6) is 0.293. The van der Waals surface area contributed by atoms with Gasteiger partial charge in [-0.1, -0.05) is 74.0 Å². The molecule has 0 aliphatic rings. The van der Waals surface area contributed by atoms with Gasteiger partial charge in [0.1, 0.15) is 11.9 Å². The number of amides is 2. The molecular formula is C30H35FN2O2S. The summed E-state index contributed by atoms with van der Waals surface area (Å²) in [7, 11) is 0. The Bertz CT molecular complexity index is 1100. The van der Waals surface area contributed by atoms with Crippen molar-refractivity contribution in [3.05, 3.63) is 101 Å². The van der Waals surface area contributed by atoms with E-state index in [2.05, 4.69) is 29.6 Å². The molecule has 1 unspecified atom stereocenters. The van der Waals surface area contributed by atoms with Crippen LogP contribution in [0.2, 0.25) is 0 Å². The molecule has 6 heteroatoms. The highest BCUT2D eigenvalue weighted by Crippen LogP contribution is 2.21. The number of thioether (sulfide) groups is 1. The van der Waals surface area contributed by atoms with E-state index in [1.54, 1.807) is 28.8 Å². The lowest BCUT2D eigenvalue weighted by Crippen LogP contribution is -2.51. The zero-order valence-corrected chi connectivity index (χ0v) is 22.1. The van der Waals surface area contributed by atoms with Gasteiger partial charge in [0.25, 0.3) is 0 Å². The number of rotatable bonds is 12. The summed E-state index contributed by atoms with van der Waals surface area (Å²) in [6.45, 7) is 6.89. The predicted molar refractivity (Wildman–Crippen MR) is 145 cm³/mol. The van der Waals surface area contributed by atoms with E-state index in [1.165, 1.54) is 17.7 Å².